The SMILES string of the molecule is Cc1ccc(C)c(S(=O)(=O)N2CCN(CC(=O)Nc3ccc(F)cc3F)CC2)c1. The first kappa shape index (κ1) is 21.4. The van der Waals surface area contributed by atoms with Crippen LogP contribution in [0.1, 0.15) is 11.1 Å². The Labute approximate surface area is 169 Å². The van der Waals surface area contributed by atoms with Crippen LogP contribution in [0.15, 0.2) is 41.3 Å². The van der Waals surface area contributed by atoms with Crippen LogP contribution in [0.25, 0.3) is 0 Å². The van der Waals surface area contributed by atoms with Crippen molar-refractivity contribution < 1.29 is 22.0 Å². The summed E-state index contributed by atoms with van der Waals surface area (Å²) in [6.45, 7) is 4.88. The van der Waals surface area contributed by atoms with E-state index in [9.17, 15) is 22.0 Å². The maximum Gasteiger partial charge on any atom is 0.243 e. The molecule has 0 spiro atoms. The molecule has 0 saturated carbocycles. The molecule has 1 fully saturated rings. The lowest BCUT2D eigenvalue weighted by molar-refractivity contribution is -0.117. The average molecular weight is 423 g/mol. The molecule has 1 saturated heterocycles. The molecule has 29 heavy (non-hydrogen) atoms. The first-order valence-corrected chi connectivity index (χ1v) is 10.7. The van der Waals surface area contributed by atoms with E-state index in [0.29, 0.717) is 29.6 Å². The molecule has 3 rings (SSSR count). The van der Waals surface area contributed by atoms with E-state index in [0.717, 1.165) is 17.7 Å². The van der Waals surface area contributed by atoms with Crippen LogP contribution >= 0.6 is 0 Å². The van der Waals surface area contributed by atoms with Gasteiger partial charge in [-0.3, -0.25) is 9.69 Å². The highest BCUT2D eigenvalue weighted by Gasteiger charge is 2.30. The Morgan fingerprint density at radius 3 is 2.38 bits per heavy atom. The summed E-state index contributed by atoms with van der Waals surface area (Å²) >= 11 is 0. The van der Waals surface area contributed by atoms with E-state index >= 15 is 0 Å². The smallest absolute Gasteiger partial charge is 0.243 e. The van der Waals surface area contributed by atoms with Gasteiger partial charge in [0, 0.05) is 32.2 Å². The second-order valence-electron chi connectivity index (χ2n) is 7.12. The highest BCUT2D eigenvalue weighted by Crippen LogP contribution is 2.22. The lowest BCUT2D eigenvalue weighted by atomic mass is 10.2. The number of amides is 1. The van der Waals surface area contributed by atoms with Crippen molar-refractivity contribution in [3.8, 4) is 0 Å². The summed E-state index contributed by atoms with van der Waals surface area (Å²) in [6, 6.07) is 8.26. The van der Waals surface area contributed by atoms with E-state index in [1.807, 2.05) is 13.0 Å². The topological polar surface area (TPSA) is 69.7 Å². The fourth-order valence-electron chi connectivity index (χ4n) is 3.24. The Morgan fingerprint density at radius 1 is 1.03 bits per heavy atom. The molecule has 2 aromatic rings. The molecule has 0 atom stereocenters. The van der Waals surface area contributed by atoms with Crippen molar-refractivity contribution in [2.24, 2.45) is 0 Å². The molecule has 9 heteroatoms. The predicted molar refractivity (Wildman–Crippen MR) is 106 cm³/mol. The molecule has 1 aliphatic heterocycles. The second-order valence-corrected chi connectivity index (χ2v) is 9.03. The highest BCUT2D eigenvalue weighted by atomic mass is 32.2. The third-order valence-corrected chi connectivity index (χ3v) is 6.91. The Bertz CT molecular complexity index is 1020. The van der Waals surface area contributed by atoms with Crippen molar-refractivity contribution >= 4 is 21.6 Å². The van der Waals surface area contributed by atoms with Crippen LogP contribution in [0, 0.1) is 25.5 Å². The van der Waals surface area contributed by atoms with Gasteiger partial charge in [-0.15, -0.1) is 0 Å². The fraction of sp³-hybridized carbons (Fsp3) is 0.350. The third kappa shape index (κ3) is 4.98. The number of rotatable bonds is 5. The predicted octanol–water partition coefficient (Wildman–Crippen LogP) is 2.53. The molecule has 0 radical (unpaired) electrons. The van der Waals surface area contributed by atoms with Gasteiger partial charge in [0.15, 0.2) is 0 Å². The lowest BCUT2D eigenvalue weighted by Gasteiger charge is -2.33. The molecular formula is C20H23F2N3O3S. The zero-order chi connectivity index (χ0) is 21.2. The van der Waals surface area contributed by atoms with Crippen LogP contribution in [-0.4, -0.2) is 56.3 Å². The molecule has 1 amide bonds. The number of benzene rings is 2. The van der Waals surface area contributed by atoms with E-state index in [-0.39, 0.29) is 25.3 Å². The Kier molecular flexibility index (Phi) is 6.30. The first-order valence-electron chi connectivity index (χ1n) is 9.21. The van der Waals surface area contributed by atoms with E-state index < -0.39 is 27.6 Å². The monoisotopic (exact) mass is 423 g/mol. The van der Waals surface area contributed by atoms with Gasteiger partial charge in [0.05, 0.1) is 17.1 Å². The molecule has 1 aliphatic rings. The van der Waals surface area contributed by atoms with Crippen LogP contribution in [0.3, 0.4) is 0 Å². The number of nitrogens with one attached hydrogen (secondary N) is 1. The third-order valence-electron chi connectivity index (χ3n) is 4.87. The van der Waals surface area contributed by atoms with Gasteiger partial charge in [-0.1, -0.05) is 12.1 Å². The molecule has 156 valence electrons. The zero-order valence-corrected chi connectivity index (χ0v) is 17.1. The number of piperazine rings is 1. The molecule has 0 bridgehead atoms. The summed E-state index contributed by atoms with van der Waals surface area (Å²) in [5, 5.41) is 2.41. The first-order chi connectivity index (χ1) is 13.7. The van der Waals surface area contributed by atoms with E-state index in [4.69, 9.17) is 0 Å². The molecular weight excluding hydrogens is 400 g/mol. The number of carbonyl (C=O) groups is 1. The van der Waals surface area contributed by atoms with Crippen molar-refractivity contribution in [1.29, 1.82) is 0 Å². The molecule has 1 N–H and O–H groups in total. The van der Waals surface area contributed by atoms with Gasteiger partial charge in [0.2, 0.25) is 15.9 Å². The number of carbonyl (C=O) groups excluding carboxylic acids is 1. The van der Waals surface area contributed by atoms with Gasteiger partial charge < -0.3 is 5.32 Å². The number of halogens is 2. The minimum atomic E-state index is -3.60. The summed E-state index contributed by atoms with van der Waals surface area (Å²) in [6.07, 6.45) is 0. The summed E-state index contributed by atoms with van der Waals surface area (Å²) in [7, 11) is -3.60. The van der Waals surface area contributed by atoms with Gasteiger partial charge in [-0.25, -0.2) is 17.2 Å². The maximum absolute atomic E-state index is 13.7. The number of sulfonamides is 1. The Morgan fingerprint density at radius 2 is 1.72 bits per heavy atom. The number of aryl methyl sites for hydroxylation is 2. The van der Waals surface area contributed by atoms with Crippen molar-refractivity contribution in [2.45, 2.75) is 18.7 Å². The standard InChI is InChI=1S/C20H23F2N3O3S/c1-14-3-4-15(2)19(11-14)29(27,28)25-9-7-24(8-10-25)13-20(26)23-18-6-5-16(21)12-17(18)22/h3-6,11-12H,7-10,13H2,1-2H3,(H,23,26). The molecule has 1 heterocycles. The molecule has 0 unspecified atom stereocenters. The number of nitrogens with zero attached hydrogens (tertiary/aromatic N) is 2. The van der Waals surface area contributed by atoms with Gasteiger partial charge in [0.25, 0.3) is 0 Å². The van der Waals surface area contributed by atoms with Gasteiger partial charge in [0.1, 0.15) is 11.6 Å². The minimum absolute atomic E-state index is 0.00578. The fourth-order valence-corrected chi connectivity index (χ4v) is 4.97. The van der Waals surface area contributed by atoms with Crippen LogP contribution < -0.4 is 5.32 Å². The summed E-state index contributed by atoms with van der Waals surface area (Å²) < 4.78 is 53.9. The Hall–Kier alpha value is -2.36. The van der Waals surface area contributed by atoms with Crippen LogP contribution in [-0.2, 0) is 14.8 Å². The van der Waals surface area contributed by atoms with E-state index in [2.05, 4.69) is 5.32 Å². The summed E-state index contributed by atoms with van der Waals surface area (Å²) in [4.78, 5) is 14.3. The van der Waals surface area contributed by atoms with Crippen LogP contribution in [0.5, 0.6) is 0 Å². The minimum Gasteiger partial charge on any atom is -0.322 e. The van der Waals surface area contributed by atoms with Crippen molar-refractivity contribution in [3.63, 3.8) is 0 Å². The Balaban J connectivity index is 1.58. The largest absolute Gasteiger partial charge is 0.322 e. The van der Waals surface area contributed by atoms with Crippen LogP contribution in [0.2, 0.25) is 0 Å². The van der Waals surface area contributed by atoms with Gasteiger partial charge >= 0.3 is 0 Å². The average Bonchev–Trinajstić information content (AvgIpc) is 2.66. The highest BCUT2D eigenvalue weighted by molar-refractivity contribution is 7.89. The molecule has 0 aliphatic carbocycles. The molecule has 0 aromatic heterocycles. The number of hydrogen-bond acceptors (Lipinski definition) is 4. The van der Waals surface area contributed by atoms with Crippen molar-refractivity contribution in [1.82, 2.24) is 9.21 Å². The van der Waals surface area contributed by atoms with E-state index in [1.54, 1.807) is 24.0 Å². The summed E-state index contributed by atoms with van der Waals surface area (Å²) in [5.74, 6) is -2.01. The second kappa shape index (κ2) is 8.56. The molecule has 6 nitrogen and oxygen atoms in total. The number of hydrogen-bond donors (Lipinski definition) is 1. The van der Waals surface area contributed by atoms with Crippen molar-refractivity contribution in [3.05, 3.63) is 59.2 Å². The molecule has 2 aromatic carbocycles. The maximum atomic E-state index is 13.7. The number of anilines is 1. The lowest BCUT2D eigenvalue weighted by Crippen LogP contribution is -2.50. The van der Waals surface area contributed by atoms with E-state index in [1.165, 1.54) is 4.31 Å². The summed E-state index contributed by atoms with van der Waals surface area (Å²) in [5.41, 5.74) is 1.48. The quantitative estimate of drug-likeness (QED) is 0.803. The van der Waals surface area contributed by atoms with Crippen LogP contribution in [0.4, 0.5) is 14.5 Å². The normalized spacial score (nSPS) is 16.0. The zero-order valence-electron chi connectivity index (χ0n) is 16.3. The van der Waals surface area contributed by atoms with Crippen molar-refractivity contribution in [2.75, 3.05) is 38.0 Å². The van der Waals surface area contributed by atoms with Gasteiger partial charge in [-0.05, 0) is 43.2 Å². The van der Waals surface area contributed by atoms with Gasteiger partial charge in [-0.2, -0.15) is 4.31 Å².